The average molecular weight is 380 g/mol. The molecule has 142 valence electrons. The van der Waals surface area contributed by atoms with Gasteiger partial charge in [-0.3, -0.25) is 4.79 Å². The zero-order valence-corrected chi connectivity index (χ0v) is 16.2. The average Bonchev–Trinajstić information content (AvgIpc) is 2.67. The summed E-state index contributed by atoms with van der Waals surface area (Å²) in [5.74, 6) is 1.52. The second-order valence-corrected chi connectivity index (χ2v) is 5.66. The number of halogens is 1. The Labute approximate surface area is 161 Å². The molecule has 0 fully saturated rings. The van der Waals surface area contributed by atoms with Gasteiger partial charge in [0.1, 0.15) is 12.6 Å². The van der Waals surface area contributed by atoms with Crippen LogP contribution in [0.2, 0.25) is 0 Å². The van der Waals surface area contributed by atoms with E-state index < -0.39 is 0 Å². The van der Waals surface area contributed by atoms with Gasteiger partial charge in [-0.1, -0.05) is 42.5 Å². The SMILES string of the molecule is COc1cccc(C(C[NH2+]CCC(=O)c2ccccc2)OC)c1OC.[Cl-]. The molecule has 0 saturated heterocycles. The van der Waals surface area contributed by atoms with E-state index in [9.17, 15) is 4.79 Å². The van der Waals surface area contributed by atoms with Crippen molar-refractivity contribution < 1.29 is 36.7 Å². The standard InChI is InChI=1S/C20H25NO4.ClH/c1-23-18-11-7-10-16(20(18)25-3)19(24-2)14-21-13-12-17(22)15-8-5-4-6-9-15;/h4-11,19,21H,12-14H2,1-3H3;1H. The molecule has 2 rings (SSSR count). The molecule has 0 aliphatic heterocycles. The van der Waals surface area contributed by atoms with E-state index in [1.807, 2.05) is 48.5 Å². The lowest BCUT2D eigenvalue weighted by Gasteiger charge is -2.19. The van der Waals surface area contributed by atoms with Gasteiger partial charge in [0, 0.05) is 18.2 Å². The van der Waals surface area contributed by atoms with Gasteiger partial charge in [0.2, 0.25) is 0 Å². The molecule has 5 nitrogen and oxygen atoms in total. The number of hydrogen-bond donors (Lipinski definition) is 1. The zero-order chi connectivity index (χ0) is 18.1. The molecule has 0 amide bonds. The van der Waals surface area contributed by atoms with Crippen LogP contribution in [0.3, 0.4) is 0 Å². The molecule has 0 spiro atoms. The maximum Gasteiger partial charge on any atom is 0.168 e. The van der Waals surface area contributed by atoms with Crippen LogP contribution in [0, 0.1) is 0 Å². The predicted molar refractivity (Wildman–Crippen MR) is 96.3 cm³/mol. The molecule has 26 heavy (non-hydrogen) atoms. The summed E-state index contributed by atoms with van der Waals surface area (Å²) in [6.45, 7) is 1.40. The van der Waals surface area contributed by atoms with E-state index in [1.54, 1.807) is 21.3 Å². The molecule has 2 N–H and O–H groups in total. The number of nitrogens with two attached hydrogens (primary N) is 1. The Morgan fingerprint density at radius 3 is 2.35 bits per heavy atom. The first kappa shape index (κ1) is 22.0. The Balaban J connectivity index is 0.00000338. The number of carbonyl (C=O) groups excluding carboxylic acids is 1. The van der Waals surface area contributed by atoms with Crippen molar-refractivity contribution in [3.8, 4) is 11.5 Å². The van der Waals surface area contributed by atoms with Crippen molar-refractivity contribution >= 4 is 5.78 Å². The lowest BCUT2D eigenvalue weighted by atomic mass is 10.1. The van der Waals surface area contributed by atoms with Gasteiger partial charge >= 0.3 is 0 Å². The number of quaternary nitrogens is 1. The summed E-state index contributed by atoms with van der Waals surface area (Å²) in [4.78, 5) is 12.1. The number of hydrogen-bond acceptors (Lipinski definition) is 4. The predicted octanol–water partition coefficient (Wildman–Crippen LogP) is -0.768. The van der Waals surface area contributed by atoms with E-state index >= 15 is 0 Å². The molecule has 0 aliphatic carbocycles. The number of para-hydroxylation sites is 1. The van der Waals surface area contributed by atoms with Crippen LogP contribution in [-0.4, -0.2) is 40.2 Å². The molecule has 2 aromatic rings. The molecule has 1 atom stereocenters. The van der Waals surface area contributed by atoms with Crippen molar-refractivity contribution in [2.24, 2.45) is 0 Å². The Bertz CT molecular complexity index is 679. The number of rotatable bonds is 10. The maximum absolute atomic E-state index is 12.1. The normalized spacial score (nSPS) is 11.3. The minimum atomic E-state index is -0.142. The first-order chi connectivity index (χ1) is 12.2. The second-order valence-electron chi connectivity index (χ2n) is 5.66. The van der Waals surface area contributed by atoms with Crippen molar-refractivity contribution in [2.45, 2.75) is 12.5 Å². The molecule has 1 unspecified atom stereocenters. The zero-order valence-electron chi connectivity index (χ0n) is 15.4. The van der Waals surface area contributed by atoms with Crippen LogP contribution in [-0.2, 0) is 4.74 Å². The largest absolute Gasteiger partial charge is 1.00 e. The number of carbonyl (C=O) groups is 1. The minimum Gasteiger partial charge on any atom is -1.00 e. The summed E-state index contributed by atoms with van der Waals surface area (Å²) < 4.78 is 16.4. The Morgan fingerprint density at radius 2 is 1.73 bits per heavy atom. The van der Waals surface area contributed by atoms with E-state index in [0.717, 1.165) is 11.1 Å². The van der Waals surface area contributed by atoms with Crippen LogP contribution in [0.1, 0.15) is 28.4 Å². The van der Waals surface area contributed by atoms with Gasteiger partial charge in [0.15, 0.2) is 17.3 Å². The molecular formula is C20H26ClNO4. The van der Waals surface area contributed by atoms with Crippen LogP contribution in [0.25, 0.3) is 0 Å². The molecule has 0 radical (unpaired) electrons. The number of Topliss-reactive ketones (excluding diaryl/α,β-unsaturated/α-hetero) is 1. The van der Waals surface area contributed by atoms with Crippen molar-refractivity contribution in [2.75, 3.05) is 34.4 Å². The summed E-state index contributed by atoms with van der Waals surface area (Å²) >= 11 is 0. The third-order valence-electron chi connectivity index (χ3n) is 4.12. The van der Waals surface area contributed by atoms with Crippen LogP contribution in [0.5, 0.6) is 11.5 Å². The fourth-order valence-electron chi connectivity index (χ4n) is 2.79. The molecule has 0 heterocycles. The van der Waals surface area contributed by atoms with Gasteiger partial charge in [0.25, 0.3) is 0 Å². The van der Waals surface area contributed by atoms with Gasteiger partial charge in [-0.25, -0.2) is 0 Å². The summed E-state index contributed by atoms with van der Waals surface area (Å²) in [5, 5.41) is 2.09. The molecule has 2 aromatic carbocycles. The molecule has 0 bridgehead atoms. The third kappa shape index (κ3) is 5.73. The van der Waals surface area contributed by atoms with Crippen LogP contribution >= 0.6 is 0 Å². The van der Waals surface area contributed by atoms with E-state index in [2.05, 4.69) is 5.32 Å². The van der Waals surface area contributed by atoms with Crippen molar-refractivity contribution in [3.05, 3.63) is 59.7 Å². The van der Waals surface area contributed by atoms with Crippen molar-refractivity contribution in [1.29, 1.82) is 0 Å². The first-order valence-corrected chi connectivity index (χ1v) is 8.34. The van der Waals surface area contributed by atoms with Crippen molar-refractivity contribution in [1.82, 2.24) is 0 Å². The van der Waals surface area contributed by atoms with Gasteiger partial charge in [0.05, 0.1) is 27.2 Å². The lowest BCUT2D eigenvalue weighted by Crippen LogP contribution is -3.00. The highest BCUT2D eigenvalue weighted by atomic mass is 35.5. The molecule has 0 aliphatic rings. The second kappa shape index (κ2) is 11.5. The highest BCUT2D eigenvalue weighted by Crippen LogP contribution is 2.35. The first-order valence-electron chi connectivity index (χ1n) is 8.34. The molecular weight excluding hydrogens is 354 g/mol. The quantitative estimate of drug-likeness (QED) is 0.435. The molecule has 6 heteroatoms. The van der Waals surface area contributed by atoms with Crippen molar-refractivity contribution in [3.63, 3.8) is 0 Å². The van der Waals surface area contributed by atoms with E-state index in [-0.39, 0.29) is 24.3 Å². The van der Waals surface area contributed by atoms with Crippen LogP contribution < -0.4 is 27.2 Å². The minimum absolute atomic E-state index is 0. The number of ketones is 1. The van der Waals surface area contributed by atoms with Gasteiger partial charge in [-0.05, 0) is 6.07 Å². The van der Waals surface area contributed by atoms with Gasteiger partial charge in [-0.2, -0.15) is 0 Å². The van der Waals surface area contributed by atoms with E-state index in [1.165, 1.54) is 0 Å². The van der Waals surface area contributed by atoms with E-state index in [0.29, 0.717) is 31.0 Å². The summed E-state index contributed by atoms with van der Waals surface area (Å²) in [7, 11) is 4.91. The summed E-state index contributed by atoms with van der Waals surface area (Å²) in [6, 6.07) is 15.1. The Kier molecular flexibility index (Phi) is 9.73. The Morgan fingerprint density at radius 1 is 1.00 bits per heavy atom. The Hall–Kier alpha value is -2.08. The number of benzene rings is 2. The highest BCUT2D eigenvalue weighted by molar-refractivity contribution is 5.95. The number of methoxy groups -OCH3 is 3. The van der Waals surface area contributed by atoms with Crippen LogP contribution in [0.15, 0.2) is 48.5 Å². The smallest absolute Gasteiger partial charge is 0.168 e. The third-order valence-corrected chi connectivity index (χ3v) is 4.12. The van der Waals surface area contributed by atoms with Gasteiger partial charge < -0.3 is 31.9 Å². The topological polar surface area (TPSA) is 61.4 Å². The highest BCUT2D eigenvalue weighted by Gasteiger charge is 2.20. The lowest BCUT2D eigenvalue weighted by molar-refractivity contribution is -0.661. The van der Waals surface area contributed by atoms with Gasteiger partial charge in [-0.15, -0.1) is 0 Å². The fourth-order valence-corrected chi connectivity index (χ4v) is 2.79. The fraction of sp³-hybridized carbons (Fsp3) is 0.350. The van der Waals surface area contributed by atoms with E-state index in [4.69, 9.17) is 14.2 Å². The maximum atomic E-state index is 12.1. The molecule has 0 aromatic heterocycles. The monoisotopic (exact) mass is 379 g/mol. The van der Waals surface area contributed by atoms with Crippen LogP contribution in [0.4, 0.5) is 0 Å². The molecule has 0 saturated carbocycles. The summed E-state index contributed by atoms with van der Waals surface area (Å²) in [5.41, 5.74) is 1.70. The summed E-state index contributed by atoms with van der Waals surface area (Å²) in [6.07, 6.45) is 0.354. The number of ether oxygens (including phenoxy) is 3.